The Balaban J connectivity index is 3.76. The molecule has 0 N–H and O–H groups in total. The number of alkyl halides is 1. The zero-order chi connectivity index (χ0) is 9.40. The number of rotatable bonds is 6. The van der Waals surface area contributed by atoms with Gasteiger partial charge in [-0.2, -0.15) is 0 Å². The molecule has 0 saturated carbocycles. The molecular formula is C9H18BrNO. The van der Waals surface area contributed by atoms with E-state index in [4.69, 9.17) is 0 Å². The van der Waals surface area contributed by atoms with E-state index in [1.54, 1.807) is 0 Å². The molecule has 0 bridgehead atoms. The third kappa shape index (κ3) is 4.75. The van der Waals surface area contributed by atoms with E-state index in [1.165, 1.54) is 0 Å². The van der Waals surface area contributed by atoms with E-state index in [-0.39, 0.29) is 5.91 Å². The van der Waals surface area contributed by atoms with Gasteiger partial charge in [-0.1, -0.05) is 36.2 Å². The van der Waals surface area contributed by atoms with E-state index in [0.717, 1.165) is 32.4 Å². The van der Waals surface area contributed by atoms with Crippen molar-refractivity contribution in [3.8, 4) is 0 Å². The fraction of sp³-hybridized carbons (Fsp3) is 0.889. The Bertz CT molecular complexity index is 128. The lowest BCUT2D eigenvalue weighted by molar-refractivity contribution is -0.128. The highest BCUT2D eigenvalue weighted by atomic mass is 79.9. The van der Waals surface area contributed by atoms with Crippen LogP contribution in [0, 0.1) is 0 Å². The summed E-state index contributed by atoms with van der Waals surface area (Å²) >= 11 is 3.19. The Labute approximate surface area is 83.4 Å². The van der Waals surface area contributed by atoms with Gasteiger partial charge >= 0.3 is 0 Å². The maximum atomic E-state index is 11.3. The molecule has 0 aliphatic carbocycles. The third-order valence-corrected chi connectivity index (χ3v) is 2.22. The molecule has 0 radical (unpaired) electrons. The van der Waals surface area contributed by atoms with E-state index in [2.05, 4.69) is 29.8 Å². The SMILES string of the molecule is CCCCN(CCC)C(=O)CBr. The molecule has 0 heterocycles. The van der Waals surface area contributed by atoms with Gasteiger partial charge in [0, 0.05) is 13.1 Å². The minimum atomic E-state index is 0.213. The van der Waals surface area contributed by atoms with Gasteiger partial charge in [0.05, 0.1) is 5.33 Å². The molecule has 0 aromatic heterocycles. The summed E-state index contributed by atoms with van der Waals surface area (Å²) in [5.74, 6) is 0.213. The molecule has 0 rings (SSSR count). The van der Waals surface area contributed by atoms with E-state index in [9.17, 15) is 4.79 Å². The first-order valence-corrected chi connectivity index (χ1v) is 5.72. The average Bonchev–Trinajstić information content (AvgIpc) is 2.11. The van der Waals surface area contributed by atoms with Crippen LogP contribution in [0.25, 0.3) is 0 Å². The molecule has 0 aliphatic heterocycles. The third-order valence-electron chi connectivity index (χ3n) is 1.74. The predicted molar refractivity (Wildman–Crippen MR) is 55.6 cm³/mol. The number of carbonyl (C=O) groups is 1. The van der Waals surface area contributed by atoms with Gasteiger partial charge in [0.25, 0.3) is 0 Å². The van der Waals surface area contributed by atoms with Crippen LogP contribution in [0.1, 0.15) is 33.1 Å². The van der Waals surface area contributed by atoms with Crippen molar-refractivity contribution in [1.82, 2.24) is 4.90 Å². The van der Waals surface area contributed by atoms with Gasteiger partial charge < -0.3 is 4.90 Å². The molecule has 0 aromatic carbocycles. The second-order valence-corrected chi connectivity index (χ2v) is 3.43. The van der Waals surface area contributed by atoms with E-state index >= 15 is 0 Å². The number of hydrogen-bond donors (Lipinski definition) is 0. The first-order valence-electron chi connectivity index (χ1n) is 4.60. The van der Waals surface area contributed by atoms with E-state index < -0.39 is 0 Å². The van der Waals surface area contributed by atoms with Crippen LogP contribution >= 0.6 is 15.9 Å². The second kappa shape index (κ2) is 7.59. The highest BCUT2D eigenvalue weighted by Crippen LogP contribution is 1.99. The minimum Gasteiger partial charge on any atom is -0.342 e. The van der Waals surface area contributed by atoms with Crippen molar-refractivity contribution >= 4 is 21.8 Å². The summed E-state index contributed by atoms with van der Waals surface area (Å²) < 4.78 is 0. The van der Waals surface area contributed by atoms with Crippen LogP contribution < -0.4 is 0 Å². The maximum absolute atomic E-state index is 11.3. The summed E-state index contributed by atoms with van der Waals surface area (Å²) in [6, 6.07) is 0. The molecule has 12 heavy (non-hydrogen) atoms. The summed E-state index contributed by atoms with van der Waals surface area (Å²) in [4.78, 5) is 13.2. The zero-order valence-electron chi connectivity index (χ0n) is 7.98. The van der Waals surface area contributed by atoms with Gasteiger partial charge in [-0.05, 0) is 12.8 Å². The molecule has 0 saturated heterocycles. The monoisotopic (exact) mass is 235 g/mol. The van der Waals surface area contributed by atoms with Crippen LogP contribution in [0.5, 0.6) is 0 Å². The molecule has 0 spiro atoms. The van der Waals surface area contributed by atoms with Crippen LogP contribution in [0.3, 0.4) is 0 Å². The molecule has 0 atom stereocenters. The fourth-order valence-electron chi connectivity index (χ4n) is 1.06. The minimum absolute atomic E-state index is 0.213. The average molecular weight is 236 g/mol. The quantitative estimate of drug-likeness (QED) is 0.648. The van der Waals surface area contributed by atoms with Crippen molar-refractivity contribution in [3.63, 3.8) is 0 Å². The fourth-order valence-corrected chi connectivity index (χ4v) is 1.42. The zero-order valence-corrected chi connectivity index (χ0v) is 9.56. The largest absolute Gasteiger partial charge is 0.342 e. The van der Waals surface area contributed by atoms with Crippen LogP contribution in [0.4, 0.5) is 0 Å². The molecule has 0 aliphatic rings. The van der Waals surface area contributed by atoms with Gasteiger partial charge in [-0.25, -0.2) is 0 Å². The van der Waals surface area contributed by atoms with Crippen molar-refractivity contribution in [2.75, 3.05) is 18.4 Å². The Morgan fingerprint density at radius 1 is 1.25 bits per heavy atom. The van der Waals surface area contributed by atoms with Gasteiger partial charge in [0.1, 0.15) is 0 Å². The summed E-state index contributed by atoms with van der Waals surface area (Å²) in [5.41, 5.74) is 0. The first-order chi connectivity index (χ1) is 5.76. The molecule has 1 amide bonds. The second-order valence-electron chi connectivity index (χ2n) is 2.87. The maximum Gasteiger partial charge on any atom is 0.233 e. The smallest absolute Gasteiger partial charge is 0.233 e. The van der Waals surface area contributed by atoms with Gasteiger partial charge in [-0.3, -0.25) is 4.79 Å². The van der Waals surface area contributed by atoms with Crippen molar-refractivity contribution in [3.05, 3.63) is 0 Å². The molecule has 0 aromatic rings. The van der Waals surface area contributed by atoms with Gasteiger partial charge in [0.15, 0.2) is 0 Å². The molecule has 2 nitrogen and oxygen atoms in total. The van der Waals surface area contributed by atoms with Crippen molar-refractivity contribution in [1.29, 1.82) is 0 Å². The van der Waals surface area contributed by atoms with Gasteiger partial charge in [-0.15, -0.1) is 0 Å². The predicted octanol–water partition coefficient (Wildman–Crippen LogP) is 2.42. The number of halogens is 1. The Hall–Kier alpha value is -0.0500. The Morgan fingerprint density at radius 2 is 1.92 bits per heavy atom. The lowest BCUT2D eigenvalue weighted by Crippen LogP contribution is -2.33. The van der Waals surface area contributed by atoms with Crippen LogP contribution in [-0.2, 0) is 4.79 Å². The summed E-state index contributed by atoms with van der Waals surface area (Å²) in [5, 5.41) is 0.455. The number of hydrogen-bond acceptors (Lipinski definition) is 1. The normalized spacial score (nSPS) is 9.92. The molecular weight excluding hydrogens is 218 g/mol. The summed E-state index contributed by atoms with van der Waals surface area (Å²) in [7, 11) is 0. The van der Waals surface area contributed by atoms with Crippen LogP contribution in [0.2, 0.25) is 0 Å². The summed E-state index contributed by atoms with van der Waals surface area (Å²) in [6.07, 6.45) is 3.30. The highest BCUT2D eigenvalue weighted by Gasteiger charge is 2.09. The first kappa shape index (κ1) is 11.9. The van der Waals surface area contributed by atoms with Crippen molar-refractivity contribution in [2.45, 2.75) is 33.1 Å². The van der Waals surface area contributed by atoms with E-state index in [1.807, 2.05) is 4.90 Å². The molecule has 3 heteroatoms. The van der Waals surface area contributed by atoms with Crippen LogP contribution in [-0.4, -0.2) is 29.2 Å². The molecule has 0 unspecified atom stereocenters. The number of amides is 1. The van der Waals surface area contributed by atoms with Crippen molar-refractivity contribution < 1.29 is 4.79 Å². The highest BCUT2D eigenvalue weighted by molar-refractivity contribution is 9.09. The summed E-state index contributed by atoms with van der Waals surface area (Å²) in [6.45, 7) is 6.04. The molecule has 72 valence electrons. The topological polar surface area (TPSA) is 20.3 Å². The number of unbranched alkanes of at least 4 members (excludes halogenated alkanes) is 1. The van der Waals surface area contributed by atoms with Gasteiger partial charge in [0.2, 0.25) is 5.91 Å². The Morgan fingerprint density at radius 3 is 2.33 bits per heavy atom. The number of carbonyl (C=O) groups excluding carboxylic acids is 1. The van der Waals surface area contributed by atoms with Crippen molar-refractivity contribution in [2.24, 2.45) is 0 Å². The van der Waals surface area contributed by atoms with E-state index in [0.29, 0.717) is 5.33 Å². The standard InChI is InChI=1S/C9H18BrNO/c1-3-5-7-11(6-4-2)9(12)8-10/h3-8H2,1-2H3. The molecule has 0 fully saturated rings. The van der Waals surface area contributed by atoms with Crippen LogP contribution in [0.15, 0.2) is 0 Å². The lowest BCUT2D eigenvalue weighted by atomic mass is 10.3. The number of nitrogens with zero attached hydrogens (tertiary/aromatic N) is 1. The Kier molecular flexibility index (Phi) is 7.56. The lowest BCUT2D eigenvalue weighted by Gasteiger charge is -2.20.